The number of hydrogen-bond acceptors (Lipinski definition) is 40. The molecule has 16 aromatic rings. The molecular formula is C96H108F4N24O20S4. The topological polar surface area (TPSA) is 593 Å². The van der Waals surface area contributed by atoms with Crippen LogP contribution in [0.3, 0.4) is 0 Å². The van der Waals surface area contributed by atoms with Crippen LogP contribution in [0.25, 0.3) is 69.1 Å². The average molecular weight is 2120 g/mol. The molecule has 52 heteroatoms. The Morgan fingerprint density at radius 1 is 0.277 bits per heavy atom. The zero-order valence-corrected chi connectivity index (χ0v) is 87.1. The largest absolute Gasteiger partial charge is 0.494 e. The van der Waals surface area contributed by atoms with Crippen molar-refractivity contribution < 1.29 is 107 Å². The quantitative estimate of drug-likeness (QED) is 0.0265. The number of sulfone groups is 4. The van der Waals surface area contributed by atoms with Crippen LogP contribution in [0.4, 0.5) is 17.6 Å². The third kappa shape index (κ3) is 23.0. The lowest BCUT2D eigenvalue weighted by atomic mass is 9.99. The minimum Gasteiger partial charge on any atom is -0.494 e. The Bertz CT molecular complexity index is 6890. The van der Waals surface area contributed by atoms with Gasteiger partial charge in [-0.05, 0) is 180 Å². The highest BCUT2D eigenvalue weighted by atomic mass is 32.2. The Hall–Kier alpha value is -15.4. The van der Waals surface area contributed by atoms with E-state index < -0.39 is 129 Å². The summed E-state index contributed by atoms with van der Waals surface area (Å²) in [6.07, 6.45) is 7.52. The van der Waals surface area contributed by atoms with E-state index in [4.69, 9.17) is 78.5 Å². The molecule has 0 unspecified atom stereocenters. The van der Waals surface area contributed by atoms with Crippen molar-refractivity contribution in [2.24, 2.45) is 22.9 Å². The van der Waals surface area contributed by atoms with Gasteiger partial charge >= 0.3 is 0 Å². The highest BCUT2D eigenvalue weighted by Gasteiger charge is 2.47. The van der Waals surface area contributed by atoms with Gasteiger partial charge in [0.25, 0.3) is 0 Å². The van der Waals surface area contributed by atoms with E-state index in [9.17, 15) is 51.2 Å². The molecule has 44 nitrogen and oxygen atoms in total. The van der Waals surface area contributed by atoms with Crippen LogP contribution in [-0.2, 0) is 84.5 Å². The van der Waals surface area contributed by atoms with Crippen molar-refractivity contribution in [1.82, 2.24) is 98.9 Å². The van der Waals surface area contributed by atoms with Crippen molar-refractivity contribution in [2.75, 3.05) is 56.9 Å². The third-order valence-corrected chi connectivity index (χ3v) is 33.4. The van der Waals surface area contributed by atoms with Gasteiger partial charge < -0.3 is 78.5 Å². The SMILES string of the molecule is COc1cccc(OC)c1-n1c(CS(=O)(=O)[C@@H](C)[C@@](C)(N)c2ncc(F)cn2)nnc1-c1ccc(C)o1.COc1cccc(OC)c1-n1c(CS(=O)(=O)[C@@H](C)[C@](C)(N)c2ncc(F)cn2)nnc1-c1ccc(C)o1.COc1cccc(OC)c1-n1c(CS(=O)(=O)[C@H](C)[C@@](C)(N)c2ncc(F)cn2)nnc1-c1ccc(C)o1.COc1cccc(OC)c1-n1c(CS(=O)(=O)[C@H](C)[C@](C)(N)c2ncc(F)cn2)nnc1-c1ccc(C)o1. The molecule has 12 heterocycles. The lowest BCUT2D eigenvalue weighted by molar-refractivity contribution is 0.390. The number of para-hydroxylation sites is 4. The number of nitrogens with zero attached hydrogens (tertiary/aromatic N) is 20. The molecule has 0 bridgehead atoms. The Balaban J connectivity index is 0.000000165. The zero-order valence-electron chi connectivity index (χ0n) is 83.9. The summed E-state index contributed by atoms with van der Waals surface area (Å²) in [6, 6.07) is 34.5. The van der Waals surface area contributed by atoms with Gasteiger partial charge in [-0.2, -0.15) is 0 Å². The van der Waals surface area contributed by atoms with Crippen molar-refractivity contribution in [2.45, 2.75) is 149 Å². The van der Waals surface area contributed by atoms with E-state index in [-0.39, 0.29) is 69.9 Å². The van der Waals surface area contributed by atoms with Gasteiger partial charge in [-0.25, -0.2) is 91.1 Å². The monoisotopic (exact) mass is 2120 g/mol. The second kappa shape index (κ2) is 44.5. The van der Waals surface area contributed by atoms with Crippen molar-refractivity contribution in [3.05, 3.63) is 264 Å². The van der Waals surface area contributed by atoms with E-state index in [0.717, 1.165) is 49.6 Å². The van der Waals surface area contributed by atoms with E-state index in [1.165, 1.54) is 131 Å². The summed E-state index contributed by atoms with van der Waals surface area (Å²) in [7, 11) is -4.10. The molecule has 12 aromatic heterocycles. The molecule has 0 aliphatic rings. The van der Waals surface area contributed by atoms with Gasteiger partial charge in [-0.1, -0.05) is 24.3 Å². The van der Waals surface area contributed by atoms with E-state index in [0.29, 0.717) is 115 Å². The lowest BCUT2D eigenvalue weighted by Crippen LogP contribution is -2.49. The maximum absolute atomic E-state index is 13.7. The van der Waals surface area contributed by atoms with Crippen LogP contribution in [0.1, 0.15) is 125 Å². The summed E-state index contributed by atoms with van der Waals surface area (Å²) in [6.45, 7) is 18.8. The van der Waals surface area contributed by atoms with E-state index in [2.05, 4.69) is 80.7 Å². The van der Waals surface area contributed by atoms with Crippen molar-refractivity contribution in [3.63, 3.8) is 0 Å². The van der Waals surface area contributed by atoms with Crippen LogP contribution in [0.15, 0.2) is 189 Å². The summed E-state index contributed by atoms with van der Waals surface area (Å²) in [5.41, 5.74) is 21.0. The van der Waals surface area contributed by atoms with Gasteiger partial charge in [0.05, 0.1) is 150 Å². The molecule has 0 amide bonds. The Morgan fingerprint density at radius 2 is 0.432 bits per heavy atom. The third-order valence-electron chi connectivity index (χ3n) is 24.5. The molecule has 148 heavy (non-hydrogen) atoms. The molecule has 8 atom stereocenters. The first-order valence-electron chi connectivity index (χ1n) is 44.8. The number of furan rings is 4. The van der Waals surface area contributed by atoms with Crippen LogP contribution in [0.5, 0.6) is 46.0 Å². The number of aryl methyl sites for hydroxylation is 4. The predicted molar refractivity (Wildman–Crippen MR) is 530 cm³/mol. The fourth-order valence-electron chi connectivity index (χ4n) is 15.4. The maximum Gasteiger partial charge on any atom is 0.204 e. The van der Waals surface area contributed by atoms with Crippen molar-refractivity contribution in [3.8, 4) is 115 Å². The molecule has 0 fully saturated rings. The smallest absolute Gasteiger partial charge is 0.204 e. The molecule has 8 N–H and O–H groups in total. The number of methoxy groups -OCH3 is 8. The van der Waals surface area contributed by atoms with Crippen molar-refractivity contribution >= 4 is 39.3 Å². The molecule has 0 saturated heterocycles. The average Bonchev–Trinajstić information content (AvgIpc) is 1.60. The highest BCUT2D eigenvalue weighted by Crippen LogP contribution is 2.45. The first-order chi connectivity index (χ1) is 70.0. The standard InChI is InChI=1S/4C24H27FN6O5S/c4*1-14-9-10-19(36-14)22-30-29-20(31(22)21-17(34-4)7-6-8-18(21)35-5)13-37(32,33)15(2)24(3,26)23-27-11-16(25)12-28-23/h4*6-12,15H,13,26H2,1-5H3/t2*15-,24+;2*15-,24-/m1010/s1. The van der Waals surface area contributed by atoms with Gasteiger partial charge in [-0.15, -0.1) is 40.8 Å². The number of halogens is 4. The predicted octanol–water partition coefficient (Wildman–Crippen LogP) is 11.8. The molecule has 0 aliphatic carbocycles. The van der Waals surface area contributed by atoms with Crippen LogP contribution in [-0.4, -0.2) is 210 Å². The molecule has 0 radical (unpaired) electrons. The first kappa shape index (κ1) is 110. The lowest BCUT2D eigenvalue weighted by Gasteiger charge is -2.29. The van der Waals surface area contributed by atoms with Crippen LogP contribution >= 0.6 is 0 Å². The fraction of sp³-hybridized carbons (Fsp3) is 0.333. The van der Waals surface area contributed by atoms with Gasteiger partial charge in [0.1, 0.15) is 138 Å². The second-order valence-electron chi connectivity index (χ2n) is 34.6. The van der Waals surface area contributed by atoms with E-state index >= 15 is 0 Å². The molecule has 0 spiro atoms. The zero-order chi connectivity index (χ0) is 108. The maximum atomic E-state index is 13.7. The van der Waals surface area contributed by atoms with E-state index in [1.807, 2.05) is 0 Å². The first-order valence-corrected chi connectivity index (χ1v) is 51.7. The van der Waals surface area contributed by atoms with Gasteiger partial charge in [0.15, 0.2) is 109 Å². The Kier molecular flexibility index (Phi) is 33.1. The van der Waals surface area contributed by atoms with Gasteiger partial charge in [0, 0.05) is 0 Å². The van der Waals surface area contributed by atoms with Gasteiger partial charge in [0.2, 0.25) is 23.3 Å². The number of benzene rings is 4. The summed E-state index contributed by atoms with van der Waals surface area (Å²) in [4.78, 5) is 31.2. The summed E-state index contributed by atoms with van der Waals surface area (Å²) < 4.78 is 236. The highest BCUT2D eigenvalue weighted by molar-refractivity contribution is 7.92. The number of nitrogens with two attached hydrogens (primary N) is 4. The van der Waals surface area contributed by atoms with E-state index in [1.54, 1.807) is 149 Å². The minimum atomic E-state index is -4.00. The van der Waals surface area contributed by atoms with Crippen molar-refractivity contribution in [1.29, 1.82) is 0 Å². The summed E-state index contributed by atoms with van der Waals surface area (Å²) >= 11 is 0. The second-order valence-corrected chi connectivity index (χ2v) is 43.9. The van der Waals surface area contributed by atoms with Crippen LogP contribution < -0.4 is 60.8 Å². The van der Waals surface area contributed by atoms with Crippen LogP contribution in [0.2, 0.25) is 0 Å². The molecule has 0 aliphatic heterocycles. The number of rotatable bonds is 36. The van der Waals surface area contributed by atoms with Crippen LogP contribution in [0, 0.1) is 51.0 Å². The minimum absolute atomic E-state index is 0.00964. The Labute approximate surface area is 848 Å². The van der Waals surface area contributed by atoms with Gasteiger partial charge in [-0.3, -0.25) is 18.3 Å². The summed E-state index contributed by atoms with van der Waals surface area (Å²) in [5.74, 6) is 3.74. The molecular weight excluding hydrogens is 2010 g/mol. The normalized spacial score (nSPS) is 14.2. The number of hydrogen-bond donors (Lipinski definition) is 4. The number of ether oxygens (including phenoxy) is 8. The summed E-state index contributed by atoms with van der Waals surface area (Å²) in [5, 5.41) is 29.1. The molecule has 16 rings (SSSR count). The fourth-order valence-corrected chi connectivity index (χ4v) is 22.0. The Morgan fingerprint density at radius 3 is 0.568 bits per heavy atom. The molecule has 0 saturated carbocycles. The number of aromatic nitrogens is 20. The molecule has 784 valence electrons. The molecule has 4 aromatic carbocycles.